The number of amides is 5. The second-order valence-electron chi connectivity index (χ2n) is 15.4. The molecule has 50 heavy (non-hydrogen) atoms. The van der Waals surface area contributed by atoms with E-state index in [-0.39, 0.29) is 42.8 Å². The molecule has 13 heteroatoms. The molecule has 0 saturated carbocycles. The first-order valence-electron chi connectivity index (χ1n) is 18.1. The van der Waals surface area contributed by atoms with Crippen LogP contribution in [0.2, 0.25) is 0 Å². The predicted octanol–water partition coefficient (Wildman–Crippen LogP) is 3.32. The van der Waals surface area contributed by atoms with Crippen LogP contribution in [0.4, 0.5) is 4.79 Å². The second-order valence-corrected chi connectivity index (χ2v) is 16.0. The van der Waals surface area contributed by atoms with Gasteiger partial charge in [0.05, 0.1) is 12.1 Å². The average molecular weight is 716 g/mol. The lowest BCUT2D eigenvalue weighted by molar-refractivity contribution is -0.145. The highest BCUT2D eigenvalue weighted by Gasteiger charge is 2.57. The molecule has 0 bridgehead atoms. The maximum atomic E-state index is 14.5. The molecular formula is C37H59N6O6S+. The molecule has 278 valence electrons. The van der Waals surface area contributed by atoms with E-state index in [1.807, 2.05) is 41.5 Å². The normalized spacial score (nSPS) is 21.2. The topological polar surface area (TPSA) is 166 Å². The van der Waals surface area contributed by atoms with Crippen LogP contribution in [0.5, 0.6) is 0 Å². The van der Waals surface area contributed by atoms with Crippen molar-refractivity contribution in [2.75, 3.05) is 31.9 Å². The summed E-state index contributed by atoms with van der Waals surface area (Å²) >= 11 is 0.590. The number of hydrogen-bond donors (Lipinski definition) is 5. The SMILES string of the molecule is C=CCNC(=O)C(=O)C(CCC)NC(=O)[C@@H]1[C@@H]2C(=CC2(C)C)CN1C(=O)[C@@H](NC(=O)N[C@H](CNCCCC[S+]=O)C1=CCCCC1)C(C)(C)C. The van der Waals surface area contributed by atoms with Crippen molar-refractivity contribution in [1.82, 2.24) is 31.5 Å². The Labute approximate surface area is 302 Å². The van der Waals surface area contributed by atoms with Crippen molar-refractivity contribution < 1.29 is 28.2 Å². The number of carbonyl (C=O) groups excluding carboxylic acids is 5. The minimum Gasteiger partial charge on any atom is -0.346 e. The third kappa shape index (κ3) is 10.8. The molecule has 12 nitrogen and oxygen atoms in total. The number of hydrogen-bond acceptors (Lipinski definition) is 7. The summed E-state index contributed by atoms with van der Waals surface area (Å²) in [4.78, 5) is 69.4. The molecule has 0 aromatic carbocycles. The number of rotatable bonds is 19. The van der Waals surface area contributed by atoms with E-state index < -0.39 is 47.2 Å². The number of likely N-dealkylation sites (tertiary alicyclic amines) is 1. The van der Waals surface area contributed by atoms with Crippen LogP contribution >= 0.6 is 0 Å². The monoisotopic (exact) mass is 715 g/mol. The molecule has 0 spiro atoms. The van der Waals surface area contributed by atoms with Crippen molar-refractivity contribution in [3.05, 3.63) is 36.0 Å². The first-order chi connectivity index (χ1) is 23.7. The van der Waals surface area contributed by atoms with Gasteiger partial charge in [0.1, 0.15) is 12.1 Å². The molecule has 5 atom stereocenters. The van der Waals surface area contributed by atoms with Gasteiger partial charge in [-0.05, 0) is 61.5 Å². The van der Waals surface area contributed by atoms with E-state index in [1.165, 1.54) is 11.0 Å². The maximum absolute atomic E-state index is 14.5. The van der Waals surface area contributed by atoms with Gasteiger partial charge >= 0.3 is 17.7 Å². The number of allylic oxidation sites excluding steroid dienone is 2. The summed E-state index contributed by atoms with van der Waals surface area (Å²) in [6, 6.07) is -3.65. The van der Waals surface area contributed by atoms with Crippen LogP contribution in [-0.2, 0) is 35.1 Å². The Morgan fingerprint density at radius 2 is 1.84 bits per heavy atom. The van der Waals surface area contributed by atoms with Gasteiger partial charge in [-0.2, -0.15) is 0 Å². The quantitative estimate of drug-likeness (QED) is 0.0593. The predicted molar refractivity (Wildman–Crippen MR) is 196 cm³/mol. The van der Waals surface area contributed by atoms with Crippen LogP contribution in [-0.4, -0.2) is 90.5 Å². The third-order valence-corrected chi connectivity index (χ3v) is 10.3. The minimum atomic E-state index is -1.04. The lowest BCUT2D eigenvalue weighted by Gasteiger charge is -2.42. The molecule has 1 aliphatic heterocycles. The Morgan fingerprint density at radius 1 is 1.10 bits per heavy atom. The van der Waals surface area contributed by atoms with Gasteiger partial charge in [0.15, 0.2) is 0 Å². The molecule has 3 aliphatic rings. The molecule has 1 unspecified atom stereocenters. The van der Waals surface area contributed by atoms with Gasteiger partial charge in [0, 0.05) is 36.2 Å². The van der Waals surface area contributed by atoms with E-state index in [4.69, 9.17) is 0 Å². The number of ketones is 1. The van der Waals surface area contributed by atoms with Crippen molar-refractivity contribution in [3.8, 4) is 0 Å². The van der Waals surface area contributed by atoms with Gasteiger partial charge < -0.3 is 31.5 Å². The Hall–Kier alpha value is -3.45. The zero-order chi connectivity index (χ0) is 37.1. The molecule has 1 fully saturated rings. The largest absolute Gasteiger partial charge is 0.458 e. The highest BCUT2D eigenvalue weighted by Crippen LogP contribution is 2.52. The first-order valence-corrected chi connectivity index (χ1v) is 19.0. The summed E-state index contributed by atoms with van der Waals surface area (Å²) < 4.78 is 10.7. The van der Waals surface area contributed by atoms with Crippen LogP contribution in [0.15, 0.2) is 36.0 Å². The summed E-state index contributed by atoms with van der Waals surface area (Å²) in [6.45, 7) is 16.7. The van der Waals surface area contributed by atoms with Crippen LogP contribution in [0.3, 0.4) is 0 Å². The summed E-state index contributed by atoms with van der Waals surface area (Å²) in [6.07, 6.45) is 12.2. The van der Waals surface area contributed by atoms with Gasteiger partial charge in [0.25, 0.3) is 5.91 Å². The summed E-state index contributed by atoms with van der Waals surface area (Å²) in [5, 5.41) is 14.8. The first kappa shape index (κ1) is 41.0. The van der Waals surface area contributed by atoms with E-state index >= 15 is 0 Å². The third-order valence-electron chi connectivity index (χ3n) is 9.80. The molecule has 1 saturated heterocycles. The minimum absolute atomic E-state index is 0.124. The van der Waals surface area contributed by atoms with E-state index in [9.17, 15) is 28.2 Å². The summed E-state index contributed by atoms with van der Waals surface area (Å²) in [7, 11) is 0. The highest BCUT2D eigenvalue weighted by atomic mass is 32.1. The van der Waals surface area contributed by atoms with Crippen LogP contribution in [0.1, 0.15) is 92.9 Å². The van der Waals surface area contributed by atoms with Gasteiger partial charge in [-0.1, -0.05) is 71.8 Å². The maximum Gasteiger partial charge on any atom is 0.458 e. The molecule has 2 aliphatic carbocycles. The van der Waals surface area contributed by atoms with Crippen molar-refractivity contribution in [2.24, 2.45) is 16.7 Å². The zero-order valence-corrected chi connectivity index (χ0v) is 31.6. The summed E-state index contributed by atoms with van der Waals surface area (Å²) in [5.41, 5.74) is 1.04. The van der Waals surface area contributed by atoms with Crippen LogP contribution in [0.25, 0.3) is 0 Å². The Kier molecular flexibility index (Phi) is 15.3. The van der Waals surface area contributed by atoms with Gasteiger partial charge in [-0.15, -0.1) is 6.58 Å². The highest BCUT2D eigenvalue weighted by molar-refractivity contribution is 7.65. The molecular weight excluding hydrogens is 657 g/mol. The number of unbranched alkanes of at least 4 members (excludes halogenated alkanes) is 1. The van der Waals surface area contributed by atoms with Crippen LogP contribution in [0, 0.1) is 16.7 Å². The van der Waals surface area contributed by atoms with Gasteiger partial charge in [-0.25, -0.2) is 4.79 Å². The zero-order valence-electron chi connectivity index (χ0n) is 30.8. The number of urea groups is 1. The molecule has 0 aromatic rings. The number of fused-ring (bicyclic) bond motifs is 1. The van der Waals surface area contributed by atoms with Crippen molar-refractivity contribution in [3.63, 3.8) is 0 Å². The van der Waals surface area contributed by atoms with Gasteiger partial charge in [-0.3, -0.25) is 19.2 Å². The fraction of sp³-hybridized carbons (Fsp3) is 0.703. The van der Waals surface area contributed by atoms with Crippen molar-refractivity contribution in [1.29, 1.82) is 0 Å². The van der Waals surface area contributed by atoms with Crippen LogP contribution < -0.4 is 26.6 Å². The van der Waals surface area contributed by atoms with Gasteiger partial charge in [0.2, 0.25) is 23.4 Å². The molecule has 0 radical (unpaired) electrons. The fourth-order valence-electron chi connectivity index (χ4n) is 7.26. The van der Waals surface area contributed by atoms with Crippen molar-refractivity contribution >= 4 is 41.2 Å². The van der Waals surface area contributed by atoms with E-state index in [0.29, 0.717) is 30.4 Å². The van der Waals surface area contributed by atoms with Crippen molar-refractivity contribution in [2.45, 2.75) is 117 Å². The molecule has 0 aromatic heterocycles. The molecule has 5 N–H and O–H groups in total. The number of Topliss-reactive ketones (excluding diaryl/α,β-unsaturated/α-hetero) is 1. The van der Waals surface area contributed by atoms with E-state index in [2.05, 4.69) is 45.3 Å². The summed E-state index contributed by atoms with van der Waals surface area (Å²) in [5.74, 6) is -2.13. The fourth-order valence-corrected chi connectivity index (χ4v) is 7.58. The average Bonchev–Trinajstić information content (AvgIpc) is 3.41. The van der Waals surface area contributed by atoms with E-state index in [1.54, 1.807) is 0 Å². The molecule has 3 rings (SSSR count). The Morgan fingerprint density at radius 3 is 2.44 bits per heavy atom. The smallest absolute Gasteiger partial charge is 0.346 e. The standard InChI is InChI=1S/C37H58N6O6S/c1-8-15-26(30(44)33(46)39-18-9-2)40-32(45)29-28-25(21-37(28,6)7)23-43(29)34(47)31(36(3,4)5)42-35(48)41-27(24-16-11-10-12-17-24)22-38-19-13-14-20-50-49/h9,16,21,26-29,31,38H,2,8,10-15,17-20,22-23H2,1,3-7H3,(H3-,39,40,41,42,45,46,48)/p+1/t26?,27-,28+,29+,31-/m1/s1. The molecule has 5 amide bonds. The number of nitrogens with zero attached hydrogens (tertiary/aromatic N) is 1. The number of carbonyl (C=O) groups is 5. The lowest BCUT2D eigenvalue weighted by atomic mass is 9.63. The van der Waals surface area contributed by atoms with E-state index in [0.717, 1.165) is 56.2 Å². The number of nitrogens with one attached hydrogen (secondary N) is 5. The lowest BCUT2D eigenvalue weighted by Crippen LogP contribution is -2.62. The Balaban J connectivity index is 1.81. The Bertz CT molecular complexity index is 1340. The molecule has 1 heterocycles. The second kappa shape index (κ2) is 18.7.